The molecule has 0 saturated heterocycles. The Bertz CT molecular complexity index is 57.8. The molecule has 1 N–H and O–H groups in total. The molecule has 7 heavy (non-hydrogen) atoms. The van der Waals surface area contributed by atoms with Gasteiger partial charge in [0, 0.05) is 0 Å². The van der Waals surface area contributed by atoms with Gasteiger partial charge in [0.05, 0.1) is 7.82 Å². The van der Waals surface area contributed by atoms with Crippen molar-refractivity contribution >= 4 is 7.82 Å². The van der Waals surface area contributed by atoms with E-state index in [0.29, 0.717) is 0 Å². The number of halogens is 1. The van der Waals surface area contributed by atoms with E-state index in [2.05, 4.69) is 0 Å². The predicted molar refractivity (Wildman–Crippen MR) is 9.83 cm³/mol. The molecule has 0 unspecified atom stereocenters. The van der Waals surface area contributed by atoms with E-state index < -0.39 is 7.82 Å². The standard InChI is InChI=1S/Ag.I.H3O4P/c;;1-5(2,3)4/h;;(H3,1,2,3,4)/q2*+1;/p-2. The Labute approximate surface area is 73.1 Å². The number of rotatable bonds is 0. The average Bonchev–Trinajstić information content (AvgIpc) is 0.722. The Kier molecular flexibility index (Phi) is 12.9. The van der Waals surface area contributed by atoms with Gasteiger partial charge < -0.3 is 19.2 Å². The normalized spacial score (nSPS) is 8.43. The van der Waals surface area contributed by atoms with Gasteiger partial charge in [-0.3, -0.25) is 0 Å². The van der Waals surface area contributed by atoms with E-state index >= 15 is 0 Å². The third-order valence-corrected chi connectivity index (χ3v) is 0. The topological polar surface area (TPSA) is 83.4 Å². The molecule has 0 aromatic carbocycles. The molecule has 0 aromatic heterocycles. The van der Waals surface area contributed by atoms with Gasteiger partial charge in [-0.2, -0.15) is 0 Å². The molecule has 0 aliphatic heterocycles. The van der Waals surface area contributed by atoms with Crippen molar-refractivity contribution in [2.45, 2.75) is 0 Å². The van der Waals surface area contributed by atoms with Crippen LogP contribution in [0.15, 0.2) is 0 Å². The van der Waals surface area contributed by atoms with Gasteiger partial charge in [0.2, 0.25) is 0 Å². The molecule has 48 valence electrons. The third-order valence-electron chi connectivity index (χ3n) is 0. The summed E-state index contributed by atoms with van der Waals surface area (Å²) in [5.41, 5.74) is 0. The van der Waals surface area contributed by atoms with Crippen molar-refractivity contribution in [1.82, 2.24) is 0 Å². The predicted octanol–water partition coefficient (Wildman–Crippen LogP) is -5.19. The van der Waals surface area contributed by atoms with Crippen LogP contribution in [-0.4, -0.2) is 4.89 Å². The Morgan fingerprint density at radius 3 is 1.43 bits per heavy atom. The molecule has 0 aliphatic carbocycles. The van der Waals surface area contributed by atoms with Crippen molar-refractivity contribution in [3.05, 3.63) is 0 Å². The van der Waals surface area contributed by atoms with Crippen molar-refractivity contribution < 1.29 is 65.6 Å². The summed E-state index contributed by atoms with van der Waals surface area (Å²) in [7, 11) is -5.14. The fourth-order valence-corrected chi connectivity index (χ4v) is 0. The Morgan fingerprint density at radius 2 is 1.43 bits per heavy atom. The zero-order valence-corrected chi connectivity index (χ0v) is 7.33. The first-order valence-corrected chi connectivity index (χ1v) is 2.24. The molecule has 2 radical (unpaired) electrons. The minimum atomic E-state index is -5.14. The first kappa shape index (κ1) is 15.8. The summed E-state index contributed by atoms with van der Waals surface area (Å²) in [5.74, 6) is 0. The second kappa shape index (κ2) is 5.71. The SMILES string of the molecule is O=P([O-])([O-])O.[Ag+].[I+]. The smallest absolute Gasteiger partial charge is 0.790 e. The zero-order valence-electron chi connectivity index (χ0n) is 2.80. The van der Waals surface area contributed by atoms with Crippen LogP contribution < -0.4 is 33.8 Å². The second-order valence-electron chi connectivity index (χ2n) is 0.469. The number of phosphoric acid groups is 1. The summed E-state index contributed by atoms with van der Waals surface area (Å²) in [5, 5.41) is 0. The maximum absolute atomic E-state index is 8.66. The van der Waals surface area contributed by atoms with Gasteiger partial charge in [-0.15, -0.1) is 0 Å². The molecule has 0 aromatic rings. The van der Waals surface area contributed by atoms with E-state index in [1.165, 1.54) is 0 Å². The molecule has 0 saturated carbocycles. The van der Waals surface area contributed by atoms with Crippen LogP contribution in [0.3, 0.4) is 0 Å². The minimum Gasteiger partial charge on any atom is -0.790 e. The van der Waals surface area contributed by atoms with Crippen LogP contribution in [0, 0.1) is 0 Å². The van der Waals surface area contributed by atoms with Gasteiger partial charge in [-0.05, 0) is 0 Å². The first-order valence-electron chi connectivity index (χ1n) is 0.748. The summed E-state index contributed by atoms with van der Waals surface area (Å²) in [4.78, 5) is 24.3. The van der Waals surface area contributed by atoms with Crippen LogP contribution in [-0.2, 0) is 26.9 Å². The molecule has 0 atom stereocenters. The first-order chi connectivity index (χ1) is 2.00. The van der Waals surface area contributed by atoms with Crippen LogP contribution in [0.25, 0.3) is 0 Å². The molecule has 0 aliphatic rings. The minimum absolute atomic E-state index is 0. The van der Waals surface area contributed by atoms with Gasteiger partial charge in [-0.25, -0.2) is 0 Å². The van der Waals surface area contributed by atoms with Crippen LogP contribution in [0.4, 0.5) is 0 Å². The van der Waals surface area contributed by atoms with Gasteiger partial charge in [-0.1, -0.05) is 0 Å². The van der Waals surface area contributed by atoms with Crippen LogP contribution >= 0.6 is 7.82 Å². The van der Waals surface area contributed by atoms with Crippen LogP contribution in [0.5, 0.6) is 0 Å². The van der Waals surface area contributed by atoms with Gasteiger partial charge in [0.1, 0.15) is 0 Å². The summed E-state index contributed by atoms with van der Waals surface area (Å²) in [6.07, 6.45) is 0. The summed E-state index contributed by atoms with van der Waals surface area (Å²) >= 11 is 0. The molecule has 0 heterocycles. The average molecular weight is 331 g/mol. The van der Waals surface area contributed by atoms with E-state index in [0.717, 1.165) is 0 Å². The maximum Gasteiger partial charge on any atom is 1.00 e. The fourth-order valence-electron chi connectivity index (χ4n) is 0. The van der Waals surface area contributed by atoms with Gasteiger partial charge >= 0.3 is 46.4 Å². The second-order valence-corrected chi connectivity index (χ2v) is 1.41. The molecule has 7 heteroatoms. The van der Waals surface area contributed by atoms with Gasteiger partial charge in [0.15, 0.2) is 0 Å². The van der Waals surface area contributed by atoms with Crippen molar-refractivity contribution in [2.75, 3.05) is 0 Å². The maximum atomic E-state index is 8.66. The van der Waals surface area contributed by atoms with Crippen LogP contribution in [0.1, 0.15) is 0 Å². The van der Waals surface area contributed by atoms with E-state index in [1.807, 2.05) is 0 Å². The van der Waals surface area contributed by atoms with E-state index in [1.54, 1.807) is 0 Å². The summed E-state index contributed by atoms with van der Waals surface area (Å²) in [6, 6.07) is 0. The molecule has 4 nitrogen and oxygen atoms in total. The molecule has 0 bridgehead atoms. The van der Waals surface area contributed by atoms with Crippen LogP contribution in [0.2, 0.25) is 0 Å². The van der Waals surface area contributed by atoms with Gasteiger partial charge in [0.25, 0.3) is 0 Å². The number of hydrogen-bond donors (Lipinski definition) is 1. The fraction of sp³-hybridized carbons (Fsp3) is 0. The zero-order chi connectivity index (χ0) is 4.50. The molecular weight excluding hydrogens is 330 g/mol. The third kappa shape index (κ3) is 94.5. The molecule has 0 fully saturated rings. The molecule has 0 spiro atoms. The van der Waals surface area contributed by atoms with Crippen molar-refractivity contribution in [1.29, 1.82) is 0 Å². The Morgan fingerprint density at radius 1 is 1.43 bits per heavy atom. The Hall–Kier alpha value is 1.58. The summed E-state index contributed by atoms with van der Waals surface area (Å²) < 4.78 is 8.66. The quantitative estimate of drug-likeness (QED) is 0.273. The van der Waals surface area contributed by atoms with Crippen molar-refractivity contribution in [2.24, 2.45) is 0 Å². The monoisotopic (exact) mass is 330 g/mol. The van der Waals surface area contributed by atoms with Crippen molar-refractivity contribution in [3.63, 3.8) is 0 Å². The van der Waals surface area contributed by atoms with E-state index in [-0.39, 0.29) is 46.4 Å². The van der Waals surface area contributed by atoms with Crippen molar-refractivity contribution in [3.8, 4) is 0 Å². The number of hydrogen-bond acceptors (Lipinski definition) is 3. The molecule has 0 rings (SSSR count). The largest absolute Gasteiger partial charge is 1.00 e. The Balaban J connectivity index is -0.0000000800. The molecular formula is HAgIO4P. The van der Waals surface area contributed by atoms with E-state index in [4.69, 9.17) is 19.2 Å². The van der Waals surface area contributed by atoms with E-state index in [9.17, 15) is 0 Å². The summed E-state index contributed by atoms with van der Waals surface area (Å²) in [6.45, 7) is 0. The molecule has 0 amide bonds.